The molecule has 0 spiro atoms. The molecule has 6 heteroatoms. The van der Waals surface area contributed by atoms with Gasteiger partial charge >= 0.3 is 5.97 Å². The summed E-state index contributed by atoms with van der Waals surface area (Å²) in [5.41, 5.74) is 7.19. The third-order valence-corrected chi connectivity index (χ3v) is 3.28. The second-order valence-electron chi connectivity index (χ2n) is 3.61. The number of aromatic nitrogens is 2. The van der Waals surface area contributed by atoms with Gasteiger partial charge in [-0.05, 0) is 36.9 Å². The monoisotopic (exact) mass is 261 g/mol. The molecule has 5 nitrogen and oxygen atoms in total. The fraction of sp³-hybridized carbons (Fsp3) is 0.0833. The van der Waals surface area contributed by atoms with E-state index in [9.17, 15) is 4.79 Å². The third kappa shape index (κ3) is 2.60. The van der Waals surface area contributed by atoms with Crippen LogP contribution in [-0.2, 0) is 0 Å². The van der Waals surface area contributed by atoms with E-state index in [1.165, 1.54) is 6.07 Å². The molecule has 92 valence electrons. The van der Waals surface area contributed by atoms with E-state index in [4.69, 9.17) is 10.8 Å². The Labute approximate surface area is 108 Å². The van der Waals surface area contributed by atoms with Gasteiger partial charge in [0.15, 0.2) is 5.16 Å². The van der Waals surface area contributed by atoms with Crippen LogP contribution in [-0.4, -0.2) is 21.0 Å². The highest BCUT2D eigenvalue weighted by atomic mass is 32.2. The number of carboxylic acid groups (broad SMARTS) is 1. The number of anilines is 1. The zero-order valence-electron chi connectivity index (χ0n) is 9.62. The molecular formula is C12H11N3O2S. The van der Waals surface area contributed by atoms with Gasteiger partial charge in [-0.1, -0.05) is 6.07 Å². The number of benzene rings is 1. The number of nitrogens with two attached hydrogens (primary N) is 1. The Morgan fingerprint density at radius 3 is 2.83 bits per heavy atom. The van der Waals surface area contributed by atoms with Crippen LogP contribution in [0.2, 0.25) is 0 Å². The van der Waals surface area contributed by atoms with Crippen molar-refractivity contribution in [2.45, 2.75) is 17.0 Å². The molecule has 0 saturated carbocycles. The van der Waals surface area contributed by atoms with Crippen molar-refractivity contribution in [1.29, 1.82) is 0 Å². The molecule has 0 saturated heterocycles. The minimum atomic E-state index is -1.02. The summed E-state index contributed by atoms with van der Waals surface area (Å²) < 4.78 is 0. The van der Waals surface area contributed by atoms with Crippen molar-refractivity contribution >= 4 is 23.4 Å². The first kappa shape index (κ1) is 12.4. The van der Waals surface area contributed by atoms with Crippen LogP contribution in [0, 0.1) is 6.92 Å². The molecule has 2 aromatic rings. The van der Waals surface area contributed by atoms with Gasteiger partial charge in [-0.25, -0.2) is 14.8 Å². The van der Waals surface area contributed by atoms with E-state index < -0.39 is 5.97 Å². The van der Waals surface area contributed by atoms with Crippen molar-refractivity contribution in [2.24, 2.45) is 0 Å². The van der Waals surface area contributed by atoms with Crippen LogP contribution < -0.4 is 5.73 Å². The van der Waals surface area contributed by atoms with Crippen LogP contribution >= 0.6 is 11.8 Å². The molecule has 0 fully saturated rings. The van der Waals surface area contributed by atoms with Gasteiger partial charge in [0.05, 0.1) is 10.5 Å². The Kier molecular flexibility index (Phi) is 3.47. The maximum atomic E-state index is 11.1. The van der Waals surface area contributed by atoms with Crippen LogP contribution in [0.25, 0.3) is 0 Å². The van der Waals surface area contributed by atoms with Crippen LogP contribution in [0.4, 0.5) is 5.69 Å². The lowest BCUT2D eigenvalue weighted by molar-refractivity contribution is 0.0693. The molecule has 2 rings (SSSR count). The summed E-state index contributed by atoms with van der Waals surface area (Å²) in [4.78, 5) is 19.9. The largest absolute Gasteiger partial charge is 0.478 e. The van der Waals surface area contributed by atoms with E-state index in [2.05, 4.69) is 9.97 Å². The number of nitrogen functional groups attached to an aromatic ring is 1. The topological polar surface area (TPSA) is 89.1 Å². The molecule has 1 aromatic carbocycles. The summed E-state index contributed by atoms with van der Waals surface area (Å²) in [6.45, 7) is 1.85. The molecule has 0 aliphatic carbocycles. The zero-order valence-corrected chi connectivity index (χ0v) is 10.4. The lowest BCUT2D eigenvalue weighted by atomic mass is 10.2. The maximum absolute atomic E-state index is 11.1. The average molecular weight is 261 g/mol. The minimum Gasteiger partial charge on any atom is -0.478 e. The molecule has 0 bridgehead atoms. The SMILES string of the molecule is Cc1ccnc(Sc2c(N)cccc2C(=O)O)n1. The molecule has 0 atom stereocenters. The molecule has 18 heavy (non-hydrogen) atoms. The first-order valence-electron chi connectivity index (χ1n) is 5.17. The van der Waals surface area contributed by atoms with Crippen molar-refractivity contribution in [3.05, 3.63) is 41.7 Å². The normalized spacial score (nSPS) is 10.3. The first-order chi connectivity index (χ1) is 8.58. The number of nitrogens with zero attached hydrogens (tertiary/aromatic N) is 2. The summed E-state index contributed by atoms with van der Waals surface area (Å²) in [6.07, 6.45) is 1.63. The molecule has 0 radical (unpaired) electrons. The predicted octanol–water partition coefficient (Wildman–Crippen LogP) is 2.22. The van der Waals surface area contributed by atoms with Crippen LogP contribution in [0.5, 0.6) is 0 Å². The first-order valence-corrected chi connectivity index (χ1v) is 5.99. The lowest BCUT2D eigenvalue weighted by Crippen LogP contribution is -2.02. The van der Waals surface area contributed by atoms with E-state index >= 15 is 0 Å². The summed E-state index contributed by atoms with van der Waals surface area (Å²) in [5, 5.41) is 9.59. The maximum Gasteiger partial charge on any atom is 0.336 e. The number of aryl methyl sites for hydroxylation is 1. The van der Waals surface area contributed by atoms with Crippen LogP contribution in [0.3, 0.4) is 0 Å². The molecule has 3 N–H and O–H groups in total. The number of hydrogen-bond donors (Lipinski definition) is 2. The van der Waals surface area contributed by atoms with Gasteiger partial charge in [0, 0.05) is 17.6 Å². The summed E-state index contributed by atoms with van der Waals surface area (Å²) in [7, 11) is 0. The summed E-state index contributed by atoms with van der Waals surface area (Å²) in [5.74, 6) is -1.02. The zero-order chi connectivity index (χ0) is 13.1. The van der Waals surface area contributed by atoms with Crippen LogP contribution in [0.15, 0.2) is 40.5 Å². The second kappa shape index (κ2) is 5.05. The predicted molar refractivity (Wildman–Crippen MR) is 68.7 cm³/mol. The molecule has 1 heterocycles. The number of aromatic carboxylic acids is 1. The molecule has 0 unspecified atom stereocenters. The van der Waals surface area contributed by atoms with Gasteiger partial charge in [-0.3, -0.25) is 0 Å². The van der Waals surface area contributed by atoms with Crippen molar-refractivity contribution in [3.8, 4) is 0 Å². The van der Waals surface area contributed by atoms with Gasteiger partial charge in [0.1, 0.15) is 0 Å². The number of hydrogen-bond acceptors (Lipinski definition) is 5. The van der Waals surface area contributed by atoms with E-state index in [1.54, 1.807) is 24.4 Å². The van der Waals surface area contributed by atoms with Crippen LogP contribution in [0.1, 0.15) is 16.1 Å². The lowest BCUT2D eigenvalue weighted by Gasteiger charge is -2.07. The Morgan fingerprint density at radius 1 is 1.39 bits per heavy atom. The Bertz CT molecular complexity index is 602. The van der Waals surface area contributed by atoms with E-state index in [0.717, 1.165) is 17.5 Å². The third-order valence-electron chi connectivity index (χ3n) is 2.24. The minimum absolute atomic E-state index is 0.158. The Balaban J connectivity index is 2.42. The number of carboxylic acids is 1. The smallest absolute Gasteiger partial charge is 0.336 e. The second-order valence-corrected chi connectivity index (χ2v) is 4.59. The molecule has 1 aromatic heterocycles. The standard InChI is InChI=1S/C12H11N3O2S/c1-7-5-6-14-12(15-7)18-10-8(11(16)17)3-2-4-9(10)13/h2-6H,13H2,1H3,(H,16,17). The van der Waals surface area contributed by atoms with E-state index in [0.29, 0.717) is 15.7 Å². The molecular weight excluding hydrogens is 250 g/mol. The molecule has 0 aliphatic rings. The quantitative estimate of drug-likeness (QED) is 0.650. The van der Waals surface area contributed by atoms with Gasteiger partial charge in [-0.2, -0.15) is 0 Å². The fourth-order valence-electron chi connectivity index (χ4n) is 1.40. The highest BCUT2D eigenvalue weighted by Crippen LogP contribution is 2.32. The molecule has 0 aliphatic heterocycles. The van der Waals surface area contributed by atoms with Crippen molar-refractivity contribution in [3.63, 3.8) is 0 Å². The van der Waals surface area contributed by atoms with Crippen molar-refractivity contribution < 1.29 is 9.90 Å². The van der Waals surface area contributed by atoms with Gasteiger partial charge in [-0.15, -0.1) is 0 Å². The van der Waals surface area contributed by atoms with Crippen molar-refractivity contribution in [2.75, 3.05) is 5.73 Å². The number of rotatable bonds is 3. The fourth-order valence-corrected chi connectivity index (χ4v) is 2.34. The summed E-state index contributed by atoms with van der Waals surface area (Å²) in [6, 6.07) is 6.55. The van der Waals surface area contributed by atoms with Gasteiger partial charge in [0.25, 0.3) is 0 Å². The Hall–Kier alpha value is -2.08. The van der Waals surface area contributed by atoms with E-state index in [1.807, 2.05) is 6.92 Å². The van der Waals surface area contributed by atoms with Gasteiger partial charge in [0.2, 0.25) is 0 Å². The van der Waals surface area contributed by atoms with Gasteiger partial charge < -0.3 is 10.8 Å². The van der Waals surface area contributed by atoms with E-state index in [-0.39, 0.29) is 5.56 Å². The Morgan fingerprint density at radius 2 is 2.17 bits per heavy atom. The molecule has 0 amide bonds. The van der Waals surface area contributed by atoms with Crippen molar-refractivity contribution in [1.82, 2.24) is 9.97 Å². The number of carbonyl (C=O) groups is 1. The highest BCUT2D eigenvalue weighted by Gasteiger charge is 2.14. The average Bonchev–Trinajstić information content (AvgIpc) is 2.31. The summed E-state index contributed by atoms with van der Waals surface area (Å²) >= 11 is 1.16. The highest BCUT2D eigenvalue weighted by molar-refractivity contribution is 7.99.